The Bertz CT molecular complexity index is 474. The number of aromatic nitrogens is 3. The summed E-state index contributed by atoms with van der Waals surface area (Å²) in [5.74, 6) is -1.13. The molecule has 0 fully saturated rings. The van der Waals surface area contributed by atoms with Crippen LogP contribution in [0.25, 0.3) is 0 Å². The summed E-state index contributed by atoms with van der Waals surface area (Å²) in [6.07, 6.45) is 0.716. The second kappa shape index (κ2) is 3.19. The largest absolute Gasteiger partial charge is 0.475 e. The third-order valence-corrected chi connectivity index (χ3v) is 2.11. The predicted octanol–water partition coefficient (Wildman–Crippen LogP) is -0.125. The molecule has 7 heteroatoms. The molecule has 0 aliphatic carbocycles. The number of carbonyl (C=O) groups excluding carboxylic acids is 1. The maximum atomic E-state index is 10.6. The van der Waals surface area contributed by atoms with Crippen LogP contribution in [0.4, 0.5) is 5.95 Å². The summed E-state index contributed by atoms with van der Waals surface area (Å²) in [6.45, 7) is 1.97. The fourth-order valence-electron chi connectivity index (χ4n) is 1.29. The molecule has 0 radical (unpaired) electrons. The van der Waals surface area contributed by atoms with E-state index in [2.05, 4.69) is 15.4 Å². The number of rotatable bonds is 2. The first-order valence-corrected chi connectivity index (χ1v) is 4.22. The number of hydrogen-bond acceptors (Lipinski definition) is 5. The van der Waals surface area contributed by atoms with Crippen LogP contribution in [0.15, 0.2) is 11.3 Å². The van der Waals surface area contributed by atoms with Crippen molar-refractivity contribution in [2.24, 2.45) is 0 Å². The molecule has 7 nitrogen and oxygen atoms in total. The summed E-state index contributed by atoms with van der Waals surface area (Å²) < 4.78 is 1.35. The lowest BCUT2D eigenvalue weighted by Gasteiger charge is -2.15. The summed E-state index contributed by atoms with van der Waals surface area (Å²) in [5, 5.41) is 15.2. The molecule has 1 aliphatic heterocycles. The highest BCUT2D eigenvalue weighted by molar-refractivity contribution is 5.84. The van der Waals surface area contributed by atoms with E-state index in [1.54, 1.807) is 6.92 Å². The summed E-state index contributed by atoms with van der Waals surface area (Å²) in [5.41, 5.74) is 1.20. The molecule has 1 aliphatic rings. The molecule has 0 bridgehead atoms. The molecule has 2 heterocycles. The van der Waals surface area contributed by atoms with E-state index >= 15 is 0 Å². The monoisotopic (exact) mass is 208 g/mol. The molecule has 2 N–H and O–H groups in total. The lowest BCUT2D eigenvalue weighted by molar-refractivity contribution is -0.105. The Kier molecular flexibility index (Phi) is 2.00. The zero-order valence-corrected chi connectivity index (χ0v) is 7.89. The molecular weight excluding hydrogens is 200 g/mol. The third kappa shape index (κ3) is 1.47. The number of carboxylic acid groups (broad SMARTS) is 1. The van der Waals surface area contributed by atoms with E-state index in [-0.39, 0.29) is 12.4 Å². The normalized spacial score (nSPS) is 14.5. The molecule has 2 rings (SSSR count). The number of carbonyl (C=O) groups is 2. The predicted molar refractivity (Wildman–Crippen MR) is 49.4 cm³/mol. The molecule has 1 aromatic rings. The van der Waals surface area contributed by atoms with Crippen molar-refractivity contribution >= 4 is 18.2 Å². The average molecular weight is 208 g/mol. The van der Waals surface area contributed by atoms with E-state index in [0.29, 0.717) is 23.5 Å². The first-order chi connectivity index (χ1) is 7.11. The van der Waals surface area contributed by atoms with Gasteiger partial charge in [-0.25, -0.2) is 9.48 Å². The molecule has 15 heavy (non-hydrogen) atoms. The highest BCUT2D eigenvalue weighted by Gasteiger charge is 2.20. The average Bonchev–Trinajstić information content (AvgIpc) is 2.59. The smallest absolute Gasteiger partial charge is 0.375 e. The molecule has 78 valence electrons. The Labute approximate surface area is 84.4 Å². The minimum atomic E-state index is -1.19. The van der Waals surface area contributed by atoms with Gasteiger partial charge >= 0.3 is 5.97 Å². The van der Waals surface area contributed by atoms with Crippen molar-refractivity contribution in [2.45, 2.75) is 13.5 Å². The fourth-order valence-corrected chi connectivity index (χ4v) is 1.29. The molecule has 1 aromatic heterocycles. The molecule has 0 saturated carbocycles. The second-order valence-corrected chi connectivity index (χ2v) is 3.11. The first kappa shape index (κ1) is 9.38. The molecule has 0 spiro atoms. The van der Waals surface area contributed by atoms with Crippen LogP contribution in [-0.4, -0.2) is 32.1 Å². The Hall–Kier alpha value is -2.18. The maximum Gasteiger partial charge on any atom is 0.375 e. The minimum Gasteiger partial charge on any atom is -0.475 e. The number of fused-ring (bicyclic) bond motifs is 1. The number of anilines is 1. The molecular formula is C8H8N4O3. The van der Waals surface area contributed by atoms with Gasteiger partial charge in [0, 0.05) is 11.3 Å². The van der Waals surface area contributed by atoms with E-state index in [4.69, 9.17) is 5.11 Å². The molecule has 0 saturated heterocycles. The summed E-state index contributed by atoms with van der Waals surface area (Å²) in [7, 11) is 0. The minimum absolute atomic E-state index is 0.248. The zero-order valence-electron chi connectivity index (χ0n) is 7.89. The SMILES string of the molecule is CC1=C(C=O)Cn2nc(C(=O)O)nc2N1. The second-order valence-electron chi connectivity index (χ2n) is 3.11. The summed E-state index contributed by atoms with van der Waals surface area (Å²) in [4.78, 5) is 25.0. The third-order valence-electron chi connectivity index (χ3n) is 2.11. The Morgan fingerprint density at radius 3 is 3.00 bits per heavy atom. The van der Waals surface area contributed by atoms with Crippen molar-refractivity contribution in [3.8, 4) is 0 Å². The summed E-state index contributed by atoms with van der Waals surface area (Å²) in [6, 6.07) is 0. The van der Waals surface area contributed by atoms with Gasteiger partial charge < -0.3 is 10.4 Å². The van der Waals surface area contributed by atoms with Gasteiger partial charge in [0.15, 0.2) is 0 Å². The van der Waals surface area contributed by atoms with Crippen LogP contribution in [0.3, 0.4) is 0 Å². The number of carboxylic acids is 1. The van der Waals surface area contributed by atoms with Crippen LogP contribution in [0, 0.1) is 0 Å². The van der Waals surface area contributed by atoms with Crippen LogP contribution in [-0.2, 0) is 11.3 Å². The lowest BCUT2D eigenvalue weighted by Crippen LogP contribution is -2.18. The van der Waals surface area contributed by atoms with E-state index < -0.39 is 5.97 Å². The zero-order chi connectivity index (χ0) is 11.0. The van der Waals surface area contributed by atoms with Crippen LogP contribution in [0.1, 0.15) is 17.5 Å². The lowest BCUT2D eigenvalue weighted by atomic mass is 10.2. The first-order valence-electron chi connectivity index (χ1n) is 4.22. The fraction of sp³-hybridized carbons (Fsp3) is 0.250. The van der Waals surface area contributed by atoms with Gasteiger partial charge in [-0.15, -0.1) is 5.10 Å². The van der Waals surface area contributed by atoms with Crippen LogP contribution >= 0.6 is 0 Å². The number of nitrogens with one attached hydrogen (secondary N) is 1. The van der Waals surface area contributed by atoms with Gasteiger partial charge in [0.1, 0.15) is 6.29 Å². The number of aldehydes is 1. The van der Waals surface area contributed by atoms with Crippen molar-refractivity contribution in [3.05, 3.63) is 17.1 Å². The number of hydrogen-bond donors (Lipinski definition) is 2. The van der Waals surface area contributed by atoms with E-state index in [0.717, 1.165) is 0 Å². The summed E-state index contributed by atoms with van der Waals surface area (Å²) >= 11 is 0. The van der Waals surface area contributed by atoms with E-state index in [9.17, 15) is 9.59 Å². The Balaban J connectivity index is 2.39. The number of nitrogens with zero attached hydrogens (tertiary/aromatic N) is 3. The molecule has 0 atom stereocenters. The van der Waals surface area contributed by atoms with Crippen molar-refractivity contribution < 1.29 is 14.7 Å². The van der Waals surface area contributed by atoms with Crippen molar-refractivity contribution in [1.29, 1.82) is 0 Å². The van der Waals surface area contributed by atoms with Gasteiger partial charge in [-0.05, 0) is 6.92 Å². The Morgan fingerprint density at radius 1 is 1.67 bits per heavy atom. The quantitative estimate of drug-likeness (QED) is 0.657. The Morgan fingerprint density at radius 2 is 2.40 bits per heavy atom. The van der Waals surface area contributed by atoms with Gasteiger partial charge in [0.25, 0.3) is 5.82 Å². The topological polar surface area (TPSA) is 97.1 Å². The van der Waals surface area contributed by atoms with Gasteiger partial charge in [0.2, 0.25) is 5.95 Å². The van der Waals surface area contributed by atoms with Crippen LogP contribution < -0.4 is 5.32 Å². The number of allylic oxidation sites excluding steroid dienone is 2. The van der Waals surface area contributed by atoms with E-state index in [1.807, 2.05) is 0 Å². The maximum absolute atomic E-state index is 10.6. The van der Waals surface area contributed by atoms with Gasteiger partial charge in [-0.1, -0.05) is 0 Å². The van der Waals surface area contributed by atoms with Crippen molar-refractivity contribution in [2.75, 3.05) is 5.32 Å². The van der Waals surface area contributed by atoms with Crippen molar-refractivity contribution in [3.63, 3.8) is 0 Å². The molecule has 0 aromatic carbocycles. The van der Waals surface area contributed by atoms with Crippen molar-refractivity contribution in [1.82, 2.24) is 14.8 Å². The van der Waals surface area contributed by atoms with Gasteiger partial charge in [-0.3, -0.25) is 4.79 Å². The standard InChI is InChI=1S/C8H8N4O3/c1-4-5(3-13)2-12-8(9-4)10-6(11-12)7(14)15/h3H,2H2,1H3,(H,14,15)(H,9,10,11). The van der Waals surface area contributed by atoms with E-state index in [1.165, 1.54) is 4.68 Å². The van der Waals surface area contributed by atoms with Gasteiger partial charge in [0.05, 0.1) is 6.54 Å². The van der Waals surface area contributed by atoms with Gasteiger partial charge in [-0.2, -0.15) is 4.98 Å². The number of aromatic carboxylic acids is 1. The van der Waals surface area contributed by atoms with Crippen LogP contribution in [0.5, 0.6) is 0 Å². The molecule has 0 unspecified atom stereocenters. The van der Waals surface area contributed by atoms with Crippen LogP contribution in [0.2, 0.25) is 0 Å². The highest BCUT2D eigenvalue weighted by Crippen LogP contribution is 2.17. The highest BCUT2D eigenvalue weighted by atomic mass is 16.4. The molecule has 0 amide bonds.